The predicted molar refractivity (Wildman–Crippen MR) is 146 cm³/mol. The van der Waals surface area contributed by atoms with E-state index in [1.807, 2.05) is 55.3 Å². The molecule has 1 aliphatic carbocycles. The summed E-state index contributed by atoms with van der Waals surface area (Å²) >= 11 is 0. The predicted octanol–water partition coefficient (Wildman–Crippen LogP) is 5.12. The Morgan fingerprint density at radius 2 is 2.00 bits per heavy atom. The molecular formula is C31H29N5O3. The fourth-order valence-electron chi connectivity index (χ4n) is 6.59. The van der Waals surface area contributed by atoms with E-state index in [0.717, 1.165) is 51.7 Å². The molecule has 1 aromatic heterocycles. The van der Waals surface area contributed by atoms with Crippen LogP contribution in [0.4, 0.5) is 5.69 Å². The SMILES string of the molecule is [C-]#[N+]c1ccccc1CC(=O)N1CCC2Cc3ccc(C(CC(=O)O)c4ccc5c(nnn5C)c4C)cc3C21. The topological polar surface area (TPSA) is 92.7 Å². The van der Waals surface area contributed by atoms with Crippen LogP contribution in [-0.2, 0) is 29.5 Å². The lowest BCUT2D eigenvalue weighted by Crippen LogP contribution is -2.32. The van der Waals surface area contributed by atoms with Crippen LogP contribution in [0.3, 0.4) is 0 Å². The fourth-order valence-corrected chi connectivity index (χ4v) is 6.59. The van der Waals surface area contributed by atoms with E-state index in [1.165, 1.54) is 5.56 Å². The monoisotopic (exact) mass is 519 g/mol. The maximum Gasteiger partial charge on any atom is 0.304 e. The van der Waals surface area contributed by atoms with Gasteiger partial charge in [-0.3, -0.25) is 9.59 Å². The van der Waals surface area contributed by atoms with Gasteiger partial charge in [0.1, 0.15) is 5.52 Å². The average molecular weight is 520 g/mol. The number of carboxylic acid groups (broad SMARTS) is 1. The van der Waals surface area contributed by atoms with Crippen molar-refractivity contribution in [1.29, 1.82) is 0 Å². The molecule has 3 atom stereocenters. The minimum absolute atomic E-state index is 0.0263. The lowest BCUT2D eigenvalue weighted by atomic mass is 9.84. The zero-order valence-electron chi connectivity index (χ0n) is 22.0. The van der Waals surface area contributed by atoms with Crippen molar-refractivity contribution in [2.75, 3.05) is 6.54 Å². The Morgan fingerprint density at radius 1 is 1.18 bits per heavy atom. The minimum Gasteiger partial charge on any atom is -0.481 e. The molecule has 1 amide bonds. The van der Waals surface area contributed by atoms with Crippen molar-refractivity contribution in [2.24, 2.45) is 13.0 Å². The maximum atomic E-state index is 13.5. The molecule has 1 fully saturated rings. The molecule has 0 bridgehead atoms. The Labute approximate surface area is 226 Å². The molecule has 2 heterocycles. The van der Waals surface area contributed by atoms with Crippen molar-refractivity contribution in [3.63, 3.8) is 0 Å². The average Bonchev–Trinajstić information content (AvgIpc) is 3.61. The van der Waals surface area contributed by atoms with Crippen LogP contribution in [0.1, 0.15) is 58.2 Å². The molecule has 0 spiro atoms. The number of aromatic nitrogens is 3. The third-order valence-corrected chi connectivity index (χ3v) is 8.50. The van der Waals surface area contributed by atoms with Gasteiger partial charge in [-0.2, -0.15) is 0 Å². The molecule has 4 aromatic rings. The van der Waals surface area contributed by atoms with E-state index >= 15 is 0 Å². The summed E-state index contributed by atoms with van der Waals surface area (Å²) in [6, 6.07) is 17.5. The Balaban J connectivity index is 1.35. The van der Waals surface area contributed by atoms with Gasteiger partial charge >= 0.3 is 5.97 Å². The molecule has 2 aliphatic rings. The molecule has 6 rings (SSSR count). The van der Waals surface area contributed by atoms with Gasteiger partial charge in [0.15, 0.2) is 5.69 Å². The minimum atomic E-state index is -0.867. The summed E-state index contributed by atoms with van der Waals surface area (Å²) in [5, 5.41) is 18.3. The summed E-state index contributed by atoms with van der Waals surface area (Å²) in [4.78, 5) is 31.1. The van der Waals surface area contributed by atoms with Crippen molar-refractivity contribution in [3.05, 3.63) is 99.4 Å². The van der Waals surface area contributed by atoms with Crippen molar-refractivity contribution in [1.82, 2.24) is 19.9 Å². The van der Waals surface area contributed by atoms with Crippen LogP contribution in [0.25, 0.3) is 15.9 Å². The number of amides is 1. The van der Waals surface area contributed by atoms with Crippen LogP contribution in [0.5, 0.6) is 0 Å². The van der Waals surface area contributed by atoms with Gasteiger partial charge in [0.2, 0.25) is 5.91 Å². The smallest absolute Gasteiger partial charge is 0.304 e. The van der Waals surface area contributed by atoms with E-state index in [1.54, 1.807) is 10.7 Å². The number of hydrogen-bond acceptors (Lipinski definition) is 4. The molecule has 196 valence electrons. The first-order valence-corrected chi connectivity index (χ1v) is 13.2. The van der Waals surface area contributed by atoms with Gasteiger partial charge in [0, 0.05) is 25.9 Å². The molecule has 0 saturated carbocycles. The van der Waals surface area contributed by atoms with Crippen molar-refractivity contribution >= 4 is 28.6 Å². The summed E-state index contributed by atoms with van der Waals surface area (Å²) in [5.41, 5.74) is 8.09. The molecule has 1 N–H and O–H groups in total. The lowest BCUT2D eigenvalue weighted by Gasteiger charge is -2.27. The standard InChI is InChI=1S/C31H29N5O3/c1-18-23(10-11-27-30(18)33-34-35(27)3)24(17-29(38)39)20-9-8-19-14-22-12-13-36(31(22)25(19)15-20)28(37)16-21-6-4-5-7-26(21)32-2/h4-11,15,22,24,31H,12-14,16-17H2,1,3H3,(H,38,39). The number of likely N-dealkylation sites (tertiary alicyclic amines) is 1. The number of benzene rings is 3. The first-order valence-electron chi connectivity index (χ1n) is 13.2. The third-order valence-electron chi connectivity index (χ3n) is 8.50. The molecular weight excluding hydrogens is 490 g/mol. The van der Waals surface area contributed by atoms with Crippen molar-refractivity contribution in [3.8, 4) is 0 Å². The van der Waals surface area contributed by atoms with Crippen molar-refractivity contribution < 1.29 is 14.7 Å². The molecule has 0 radical (unpaired) electrons. The summed E-state index contributed by atoms with van der Waals surface area (Å²) in [6.07, 6.45) is 2.01. The zero-order chi connectivity index (χ0) is 27.3. The zero-order valence-corrected chi connectivity index (χ0v) is 22.0. The van der Waals surface area contributed by atoms with Gasteiger partial charge in [-0.1, -0.05) is 53.7 Å². The van der Waals surface area contributed by atoms with Gasteiger partial charge in [-0.25, -0.2) is 9.53 Å². The van der Waals surface area contributed by atoms with Gasteiger partial charge in [0.05, 0.1) is 24.6 Å². The van der Waals surface area contributed by atoms with E-state index in [4.69, 9.17) is 6.57 Å². The Kier molecular flexibility index (Phi) is 6.15. The number of fused-ring (bicyclic) bond motifs is 4. The lowest BCUT2D eigenvalue weighted by molar-refractivity contribution is -0.137. The molecule has 3 unspecified atom stereocenters. The maximum absolute atomic E-state index is 13.5. The van der Waals surface area contributed by atoms with Gasteiger partial charge < -0.3 is 10.0 Å². The number of carbonyl (C=O) groups excluding carboxylic acids is 1. The Hall–Kier alpha value is -4.51. The van der Waals surface area contributed by atoms with Gasteiger partial charge in [-0.05, 0) is 65.1 Å². The molecule has 8 heteroatoms. The molecule has 8 nitrogen and oxygen atoms in total. The highest BCUT2D eigenvalue weighted by atomic mass is 16.4. The van der Waals surface area contributed by atoms with E-state index in [9.17, 15) is 14.7 Å². The summed E-state index contributed by atoms with van der Waals surface area (Å²) in [6.45, 7) is 10.1. The van der Waals surface area contributed by atoms with Crippen LogP contribution in [0.15, 0.2) is 54.6 Å². The second-order valence-corrected chi connectivity index (χ2v) is 10.7. The quantitative estimate of drug-likeness (QED) is 0.357. The van der Waals surface area contributed by atoms with Gasteiger partial charge in [0.25, 0.3) is 0 Å². The number of carboxylic acids is 1. The number of aryl methyl sites for hydroxylation is 2. The fraction of sp³-hybridized carbons (Fsp3) is 0.323. The Bertz CT molecular complexity index is 1670. The molecule has 1 aliphatic heterocycles. The summed E-state index contributed by atoms with van der Waals surface area (Å²) < 4.78 is 1.72. The number of para-hydroxylation sites is 1. The van der Waals surface area contributed by atoms with E-state index in [-0.39, 0.29) is 30.7 Å². The second kappa shape index (κ2) is 9.66. The number of nitrogens with zero attached hydrogens (tertiary/aromatic N) is 5. The highest BCUT2D eigenvalue weighted by molar-refractivity contribution is 5.82. The second-order valence-electron chi connectivity index (χ2n) is 10.7. The normalized spacial score (nSPS) is 18.5. The van der Waals surface area contributed by atoms with Crippen molar-refractivity contribution in [2.45, 2.75) is 44.6 Å². The number of hydrogen-bond donors (Lipinski definition) is 1. The highest BCUT2D eigenvalue weighted by Gasteiger charge is 2.43. The summed E-state index contributed by atoms with van der Waals surface area (Å²) in [5.74, 6) is -0.837. The highest BCUT2D eigenvalue weighted by Crippen LogP contribution is 2.48. The van der Waals surface area contributed by atoms with Crippen LogP contribution >= 0.6 is 0 Å². The summed E-state index contributed by atoms with van der Waals surface area (Å²) in [7, 11) is 1.84. The number of rotatable bonds is 6. The molecule has 39 heavy (non-hydrogen) atoms. The van der Waals surface area contributed by atoms with E-state index in [0.29, 0.717) is 18.2 Å². The van der Waals surface area contributed by atoms with E-state index < -0.39 is 5.97 Å². The third kappa shape index (κ3) is 4.24. The number of aliphatic carboxylic acids is 1. The first-order chi connectivity index (χ1) is 18.9. The van der Waals surface area contributed by atoms with Gasteiger partial charge in [-0.15, -0.1) is 5.10 Å². The molecule has 1 saturated heterocycles. The van der Waals surface area contributed by atoms with Crippen LogP contribution in [0.2, 0.25) is 0 Å². The number of carbonyl (C=O) groups is 2. The first kappa shape index (κ1) is 24.8. The molecule has 3 aromatic carbocycles. The Morgan fingerprint density at radius 3 is 2.79 bits per heavy atom. The van der Waals surface area contributed by atoms with E-state index in [2.05, 4.69) is 27.3 Å². The van der Waals surface area contributed by atoms with Crippen LogP contribution in [0, 0.1) is 19.4 Å². The largest absolute Gasteiger partial charge is 0.481 e. The van der Waals surface area contributed by atoms with Crippen LogP contribution in [-0.4, -0.2) is 43.4 Å². The van der Waals surface area contributed by atoms with Crippen LogP contribution < -0.4 is 0 Å².